The highest BCUT2D eigenvalue weighted by Crippen LogP contribution is 2.74. The van der Waals surface area contributed by atoms with Crippen molar-refractivity contribution in [2.45, 2.75) is 38.2 Å². The first kappa shape index (κ1) is 10.1. The van der Waals surface area contributed by atoms with Crippen molar-refractivity contribution < 1.29 is 15.3 Å². The highest BCUT2D eigenvalue weighted by Gasteiger charge is 2.73. The Labute approximate surface area is 90.1 Å². The third-order valence-electron chi connectivity index (χ3n) is 5.20. The lowest BCUT2D eigenvalue weighted by molar-refractivity contribution is -0.323. The Morgan fingerprint density at radius 3 is 2.40 bits per heavy atom. The fourth-order valence-electron chi connectivity index (χ4n) is 5.07. The predicted molar refractivity (Wildman–Crippen MR) is 55.1 cm³/mol. The second-order valence-electron chi connectivity index (χ2n) is 6.59. The highest BCUT2D eigenvalue weighted by molar-refractivity contribution is 5.23. The normalized spacial score (nSPS) is 61.6. The second kappa shape index (κ2) is 2.58. The molecule has 3 N–H and O–H groups in total. The molecule has 5 atom stereocenters. The maximum absolute atomic E-state index is 10.5. The van der Waals surface area contributed by atoms with Gasteiger partial charge in [0.15, 0.2) is 0 Å². The summed E-state index contributed by atoms with van der Waals surface area (Å²) in [5, 5.41) is 29.5. The van der Waals surface area contributed by atoms with Gasteiger partial charge in [-0.3, -0.25) is 0 Å². The van der Waals surface area contributed by atoms with E-state index in [4.69, 9.17) is 0 Å². The van der Waals surface area contributed by atoms with E-state index in [0.717, 1.165) is 19.3 Å². The first-order valence-electron chi connectivity index (χ1n) is 5.91. The van der Waals surface area contributed by atoms with Crippen LogP contribution in [0.3, 0.4) is 0 Å². The van der Waals surface area contributed by atoms with Gasteiger partial charge in [-0.1, -0.05) is 6.92 Å². The average molecular weight is 212 g/mol. The van der Waals surface area contributed by atoms with Crippen LogP contribution in [0.5, 0.6) is 0 Å². The third-order valence-corrected chi connectivity index (χ3v) is 5.20. The van der Waals surface area contributed by atoms with Crippen molar-refractivity contribution in [2.24, 2.45) is 22.7 Å². The zero-order valence-electron chi connectivity index (χ0n) is 9.24. The van der Waals surface area contributed by atoms with Crippen molar-refractivity contribution in [1.82, 2.24) is 0 Å². The zero-order valence-corrected chi connectivity index (χ0v) is 9.24. The van der Waals surface area contributed by atoms with E-state index in [-0.39, 0.29) is 24.0 Å². The minimum atomic E-state index is -0.582. The van der Waals surface area contributed by atoms with E-state index in [0.29, 0.717) is 18.3 Å². The minimum Gasteiger partial charge on any atom is -0.396 e. The molecule has 3 saturated carbocycles. The van der Waals surface area contributed by atoms with Crippen molar-refractivity contribution in [3.8, 4) is 0 Å². The van der Waals surface area contributed by atoms with Gasteiger partial charge in [0.2, 0.25) is 0 Å². The maximum Gasteiger partial charge on any atom is 0.0693 e. The molecule has 0 saturated heterocycles. The molecule has 0 aromatic heterocycles. The van der Waals surface area contributed by atoms with Crippen molar-refractivity contribution in [2.75, 3.05) is 13.2 Å². The van der Waals surface area contributed by atoms with Gasteiger partial charge in [0.1, 0.15) is 0 Å². The van der Waals surface area contributed by atoms with Crippen LogP contribution in [-0.4, -0.2) is 34.1 Å². The average Bonchev–Trinajstić information content (AvgIpc) is 2.11. The van der Waals surface area contributed by atoms with Gasteiger partial charge in [-0.2, -0.15) is 0 Å². The Hall–Kier alpha value is -0.120. The SMILES string of the molecule is CC1(CO)CC2(O)CC3CC(CO)(C1)C32. The summed E-state index contributed by atoms with van der Waals surface area (Å²) in [7, 11) is 0. The summed E-state index contributed by atoms with van der Waals surface area (Å²) in [6.45, 7) is 2.32. The fourth-order valence-corrected chi connectivity index (χ4v) is 5.07. The molecule has 3 aliphatic carbocycles. The molecule has 0 aromatic carbocycles. The summed E-state index contributed by atoms with van der Waals surface area (Å²) in [5.74, 6) is 0.958. The molecule has 3 fully saturated rings. The topological polar surface area (TPSA) is 60.7 Å². The first-order chi connectivity index (χ1) is 6.97. The first-order valence-corrected chi connectivity index (χ1v) is 5.91. The molecule has 0 bridgehead atoms. The number of aliphatic hydroxyl groups excluding tert-OH is 2. The summed E-state index contributed by atoms with van der Waals surface area (Å²) < 4.78 is 0. The lowest BCUT2D eigenvalue weighted by Crippen LogP contribution is -2.75. The molecule has 0 aromatic rings. The van der Waals surface area contributed by atoms with Crippen molar-refractivity contribution in [1.29, 1.82) is 0 Å². The van der Waals surface area contributed by atoms with Gasteiger partial charge in [-0.25, -0.2) is 0 Å². The fraction of sp³-hybridized carbons (Fsp3) is 1.00. The summed E-state index contributed by atoms with van der Waals surface area (Å²) in [6.07, 6.45) is 3.51. The summed E-state index contributed by atoms with van der Waals surface area (Å²) in [5.41, 5.74) is -0.853. The van der Waals surface area contributed by atoms with E-state index >= 15 is 0 Å². The van der Waals surface area contributed by atoms with E-state index < -0.39 is 5.60 Å². The molecule has 86 valence electrons. The van der Waals surface area contributed by atoms with Crippen molar-refractivity contribution in [3.05, 3.63) is 0 Å². The van der Waals surface area contributed by atoms with Crippen molar-refractivity contribution >= 4 is 0 Å². The Morgan fingerprint density at radius 2 is 1.87 bits per heavy atom. The molecule has 3 aliphatic rings. The number of hydrogen-bond acceptors (Lipinski definition) is 3. The van der Waals surface area contributed by atoms with Crippen LogP contribution in [0.4, 0.5) is 0 Å². The largest absolute Gasteiger partial charge is 0.396 e. The second-order valence-corrected chi connectivity index (χ2v) is 6.59. The van der Waals surface area contributed by atoms with Gasteiger partial charge in [-0.15, -0.1) is 0 Å². The van der Waals surface area contributed by atoms with Gasteiger partial charge in [0.25, 0.3) is 0 Å². The molecule has 0 heterocycles. The quantitative estimate of drug-likeness (QED) is 0.625. The molecule has 0 aliphatic heterocycles. The monoisotopic (exact) mass is 212 g/mol. The minimum absolute atomic E-state index is 0.0760. The van der Waals surface area contributed by atoms with Gasteiger partial charge in [0, 0.05) is 18.6 Å². The Kier molecular flexibility index (Phi) is 1.73. The van der Waals surface area contributed by atoms with E-state index in [2.05, 4.69) is 0 Å². The van der Waals surface area contributed by atoms with Crippen LogP contribution in [0.15, 0.2) is 0 Å². The van der Waals surface area contributed by atoms with E-state index in [1.807, 2.05) is 6.92 Å². The lowest BCUT2D eigenvalue weighted by atomic mass is 9.32. The summed E-state index contributed by atoms with van der Waals surface area (Å²) >= 11 is 0. The molecule has 3 rings (SSSR count). The van der Waals surface area contributed by atoms with Gasteiger partial charge in [-0.05, 0) is 42.9 Å². The maximum atomic E-state index is 10.5. The summed E-state index contributed by atoms with van der Waals surface area (Å²) in [4.78, 5) is 0. The van der Waals surface area contributed by atoms with Crippen LogP contribution in [0.2, 0.25) is 0 Å². The van der Waals surface area contributed by atoms with E-state index in [1.165, 1.54) is 0 Å². The van der Waals surface area contributed by atoms with Gasteiger partial charge < -0.3 is 15.3 Å². The third kappa shape index (κ3) is 1.02. The molecular weight excluding hydrogens is 192 g/mol. The standard InChI is InChI=1S/C12H20O3/c1-10(6-13)4-11(7-14)2-8-3-12(15,5-10)9(8)11/h8-9,13-15H,2-7H2,1H3. The predicted octanol–water partition coefficient (Wildman–Crippen LogP) is 0.528. The van der Waals surface area contributed by atoms with Gasteiger partial charge >= 0.3 is 0 Å². The highest BCUT2D eigenvalue weighted by atomic mass is 16.3. The molecule has 0 amide bonds. The van der Waals surface area contributed by atoms with Crippen LogP contribution < -0.4 is 0 Å². The molecule has 3 heteroatoms. The molecule has 15 heavy (non-hydrogen) atoms. The van der Waals surface area contributed by atoms with Crippen LogP contribution in [0.25, 0.3) is 0 Å². The zero-order chi connectivity index (χ0) is 10.9. The number of hydrogen-bond donors (Lipinski definition) is 3. The van der Waals surface area contributed by atoms with Crippen LogP contribution in [-0.2, 0) is 0 Å². The Balaban J connectivity index is 1.93. The number of aliphatic hydroxyl groups is 3. The number of rotatable bonds is 2. The summed E-state index contributed by atoms with van der Waals surface area (Å²) in [6, 6.07) is 0. The van der Waals surface area contributed by atoms with Crippen LogP contribution >= 0.6 is 0 Å². The van der Waals surface area contributed by atoms with E-state index in [9.17, 15) is 15.3 Å². The molecule has 5 unspecified atom stereocenters. The van der Waals surface area contributed by atoms with Crippen LogP contribution in [0.1, 0.15) is 32.6 Å². The van der Waals surface area contributed by atoms with Gasteiger partial charge in [0.05, 0.1) is 5.60 Å². The Bertz CT molecular complexity index is 303. The Morgan fingerprint density at radius 1 is 1.13 bits per heavy atom. The molecule has 0 radical (unpaired) electrons. The smallest absolute Gasteiger partial charge is 0.0693 e. The molecule has 0 spiro atoms. The van der Waals surface area contributed by atoms with Crippen molar-refractivity contribution in [3.63, 3.8) is 0 Å². The molecular formula is C12H20O3. The van der Waals surface area contributed by atoms with E-state index in [1.54, 1.807) is 0 Å². The molecule has 3 nitrogen and oxygen atoms in total. The lowest BCUT2D eigenvalue weighted by Gasteiger charge is -2.74. The van der Waals surface area contributed by atoms with Crippen LogP contribution in [0, 0.1) is 22.7 Å².